The molecule has 2 rings (SSSR count). The molecule has 0 bridgehead atoms. The number of sulfonamides is 1. The highest BCUT2D eigenvalue weighted by atomic mass is 32.2. The van der Waals surface area contributed by atoms with Crippen molar-refractivity contribution >= 4 is 33.4 Å². The second-order valence-electron chi connectivity index (χ2n) is 5.89. The van der Waals surface area contributed by atoms with Crippen molar-refractivity contribution in [1.29, 1.82) is 0 Å². The molecule has 1 fully saturated rings. The number of anilines is 1. The van der Waals surface area contributed by atoms with E-state index in [-0.39, 0.29) is 5.91 Å². The van der Waals surface area contributed by atoms with Gasteiger partial charge in [-0.05, 0) is 37.5 Å². The third-order valence-electron chi connectivity index (χ3n) is 3.92. The summed E-state index contributed by atoms with van der Waals surface area (Å²) in [5.41, 5.74) is 1.59. The van der Waals surface area contributed by atoms with Crippen molar-refractivity contribution in [1.82, 2.24) is 5.32 Å². The molecular formula is C16H24N2O3S2. The van der Waals surface area contributed by atoms with Gasteiger partial charge in [0.2, 0.25) is 10.0 Å². The largest absolute Gasteiger partial charge is 0.351 e. The molecule has 0 saturated heterocycles. The molecule has 1 aliphatic rings. The van der Waals surface area contributed by atoms with Gasteiger partial charge in [-0.3, -0.25) is 9.52 Å². The van der Waals surface area contributed by atoms with Gasteiger partial charge in [-0.2, -0.15) is 11.8 Å². The van der Waals surface area contributed by atoms with Crippen LogP contribution in [-0.2, 0) is 10.0 Å². The summed E-state index contributed by atoms with van der Waals surface area (Å²) in [4.78, 5) is 12.3. The molecule has 1 aromatic carbocycles. The Bertz CT molecular complexity index is 653. The van der Waals surface area contributed by atoms with Crippen molar-refractivity contribution in [2.24, 2.45) is 0 Å². The number of hydrogen-bond acceptors (Lipinski definition) is 4. The van der Waals surface area contributed by atoms with Gasteiger partial charge in [0.1, 0.15) is 0 Å². The van der Waals surface area contributed by atoms with Gasteiger partial charge >= 0.3 is 0 Å². The van der Waals surface area contributed by atoms with Crippen molar-refractivity contribution < 1.29 is 13.2 Å². The summed E-state index contributed by atoms with van der Waals surface area (Å²) in [6.07, 6.45) is 6.32. The third-order valence-corrected chi connectivity index (χ3v) is 5.89. The average molecular weight is 357 g/mol. The molecule has 0 aliphatic heterocycles. The molecule has 23 heavy (non-hydrogen) atoms. The van der Waals surface area contributed by atoms with E-state index >= 15 is 0 Å². The Morgan fingerprint density at radius 2 is 2.00 bits per heavy atom. The summed E-state index contributed by atoms with van der Waals surface area (Å²) >= 11 is 1.93. The smallest absolute Gasteiger partial charge is 0.251 e. The minimum atomic E-state index is -3.36. The number of rotatable bonds is 7. The van der Waals surface area contributed by atoms with E-state index in [2.05, 4.69) is 10.0 Å². The molecule has 1 aromatic rings. The predicted molar refractivity (Wildman–Crippen MR) is 96.7 cm³/mol. The highest BCUT2D eigenvalue weighted by Crippen LogP contribution is 2.28. The zero-order chi connectivity index (χ0) is 16.9. The first-order valence-electron chi connectivity index (χ1n) is 7.84. The highest BCUT2D eigenvalue weighted by molar-refractivity contribution is 7.99. The maximum absolute atomic E-state index is 12.3. The number of carbonyl (C=O) groups is 1. The molecule has 1 amide bonds. The number of hydrogen-bond donors (Lipinski definition) is 2. The lowest BCUT2D eigenvalue weighted by atomic mass is 10.1. The predicted octanol–water partition coefficient (Wildman–Crippen LogP) is 2.77. The minimum Gasteiger partial charge on any atom is -0.351 e. The van der Waals surface area contributed by atoms with E-state index < -0.39 is 10.0 Å². The fraction of sp³-hybridized carbons (Fsp3) is 0.562. The molecule has 5 nitrogen and oxygen atoms in total. The lowest BCUT2D eigenvalue weighted by molar-refractivity contribution is 0.0955. The van der Waals surface area contributed by atoms with Crippen molar-refractivity contribution in [2.45, 2.75) is 37.9 Å². The number of benzene rings is 1. The molecule has 0 radical (unpaired) electrons. The maximum atomic E-state index is 12.3. The average Bonchev–Trinajstić information content (AvgIpc) is 2.97. The second-order valence-corrected chi connectivity index (χ2v) is 9.04. The van der Waals surface area contributed by atoms with E-state index in [1.54, 1.807) is 25.1 Å². The monoisotopic (exact) mass is 356 g/mol. The molecule has 1 saturated carbocycles. The second kappa shape index (κ2) is 8.06. The van der Waals surface area contributed by atoms with Gasteiger partial charge in [0.05, 0.1) is 11.9 Å². The number of thioether (sulfide) groups is 1. The Kier molecular flexibility index (Phi) is 6.35. The first-order chi connectivity index (χ1) is 10.9. The van der Waals surface area contributed by atoms with Crippen molar-refractivity contribution in [3.63, 3.8) is 0 Å². The van der Waals surface area contributed by atoms with Crippen LogP contribution in [0.1, 0.15) is 41.6 Å². The van der Waals surface area contributed by atoms with Crippen LogP contribution in [0.15, 0.2) is 18.2 Å². The van der Waals surface area contributed by atoms with Crippen LogP contribution in [0.4, 0.5) is 5.69 Å². The van der Waals surface area contributed by atoms with Gasteiger partial charge in [-0.15, -0.1) is 0 Å². The standard InChI is InChI=1S/C16H24N2O3S2/c1-12-14(8-5-9-15(12)18-23(2,20)21)16(19)17-10-11-22-13-6-3-4-7-13/h5,8-9,13,18H,3-4,6-7,10-11H2,1-2H3,(H,17,19). The highest BCUT2D eigenvalue weighted by Gasteiger charge is 2.16. The molecular weight excluding hydrogens is 332 g/mol. The third kappa shape index (κ3) is 5.73. The Labute approximate surface area is 142 Å². The molecule has 0 heterocycles. The minimum absolute atomic E-state index is 0.160. The molecule has 0 aromatic heterocycles. The van der Waals surface area contributed by atoms with Gasteiger partial charge in [0, 0.05) is 23.1 Å². The molecule has 1 aliphatic carbocycles. The van der Waals surface area contributed by atoms with Crippen molar-refractivity contribution in [2.75, 3.05) is 23.3 Å². The molecule has 128 valence electrons. The Hall–Kier alpha value is -1.21. The van der Waals surface area contributed by atoms with Crippen LogP contribution in [0.2, 0.25) is 0 Å². The molecule has 0 spiro atoms. The summed E-state index contributed by atoms with van der Waals surface area (Å²) in [7, 11) is -3.36. The van der Waals surface area contributed by atoms with E-state index in [1.165, 1.54) is 25.7 Å². The fourth-order valence-corrected chi connectivity index (χ4v) is 4.57. The van der Waals surface area contributed by atoms with Gasteiger partial charge in [-0.1, -0.05) is 18.9 Å². The van der Waals surface area contributed by atoms with Crippen LogP contribution < -0.4 is 10.0 Å². The SMILES string of the molecule is Cc1c(NS(C)(=O)=O)cccc1C(=O)NCCSC1CCCC1. The zero-order valence-electron chi connectivity index (χ0n) is 13.6. The number of amides is 1. The van der Waals surface area contributed by atoms with E-state index in [9.17, 15) is 13.2 Å². The van der Waals surface area contributed by atoms with Crippen LogP contribution in [-0.4, -0.2) is 38.1 Å². The fourth-order valence-electron chi connectivity index (χ4n) is 2.73. The van der Waals surface area contributed by atoms with Crippen molar-refractivity contribution in [3.8, 4) is 0 Å². The summed E-state index contributed by atoms with van der Waals surface area (Å²) in [5, 5.41) is 3.66. The van der Waals surface area contributed by atoms with Crippen molar-refractivity contribution in [3.05, 3.63) is 29.3 Å². The van der Waals surface area contributed by atoms with E-state index in [0.717, 1.165) is 17.3 Å². The van der Waals surface area contributed by atoms with E-state index in [4.69, 9.17) is 0 Å². The Morgan fingerprint density at radius 1 is 1.30 bits per heavy atom. The van der Waals surface area contributed by atoms with Gasteiger partial charge in [0.25, 0.3) is 5.91 Å². The summed E-state index contributed by atoms with van der Waals surface area (Å²) in [6.45, 7) is 2.37. The van der Waals surface area contributed by atoms with Crippen LogP contribution in [0.25, 0.3) is 0 Å². The Morgan fingerprint density at radius 3 is 2.65 bits per heavy atom. The Balaban J connectivity index is 1.89. The number of nitrogens with one attached hydrogen (secondary N) is 2. The summed E-state index contributed by atoms with van der Waals surface area (Å²) in [6, 6.07) is 5.05. The topological polar surface area (TPSA) is 75.3 Å². The maximum Gasteiger partial charge on any atom is 0.251 e. The normalized spacial score (nSPS) is 15.6. The van der Waals surface area contributed by atoms with Crippen LogP contribution in [0.3, 0.4) is 0 Å². The zero-order valence-corrected chi connectivity index (χ0v) is 15.2. The molecule has 2 N–H and O–H groups in total. The molecule has 7 heteroatoms. The van der Waals surface area contributed by atoms with Crippen LogP contribution in [0, 0.1) is 6.92 Å². The van der Waals surface area contributed by atoms with E-state index in [1.807, 2.05) is 11.8 Å². The van der Waals surface area contributed by atoms with E-state index in [0.29, 0.717) is 23.4 Å². The summed E-state index contributed by atoms with van der Waals surface area (Å²) in [5.74, 6) is 0.753. The first-order valence-corrected chi connectivity index (χ1v) is 10.8. The van der Waals surface area contributed by atoms with Gasteiger partial charge < -0.3 is 5.32 Å². The van der Waals surface area contributed by atoms with Crippen LogP contribution in [0.5, 0.6) is 0 Å². The lowest BCUT2D eigenvalue weighted by Crippen LogP contribution is -2.27. The molecule has 0 unspecified atom stereocenters. The lowest BCUT2D eigenvalue weighted by Gasteiger charge is -2.13. The van der Waals surface area contributed by atoms with Crippen LogP contribution >= 0.6 is 11.8 Å². The first kappa shape index (κ1) is 18.1. The quantitative estimate of drug-likeness (QED) is 0.737. The van der Waals surface area contributed by atoms with Gasteiger partial charge in [0.15, 0.2) is 0 Å². The molecule has 0 atom stereocenters. The summed E-state index contributed by atoms with van der Waals surface area (Å²) < 4.78 is 25.1. The number of carbonyl (C=O) groups excluding carboxylic acids is 1. The van der Waals surface area contributed by atoms with Gasteiger partial charge in [-0.25, -0.2) is 8.42 Å².